The molecule has 0 aliphatic carbocycles. The summed E-state index contributed by atoms with van der Waals surface area (Å²) in [5, 5.41) is 10.7. The van der Waals surface area contributed by atoms with Crippen LogP contribution in [-0.2, 0) is 6.42 Å². The van der Waals surface area contributed by atoms with Gasteiger partial charge in [0.15, 0.2) is 5.82 Å². The van der Waals surface area contributed by atoms with E-state index in [4.69, 9.17) is 0 Å². The molecule has 1 unspecified atom stereocenters. The maximum atomic E-state index is 4.47. The molecule has 1 aliphatic rings. The van der Waals surface area contributed by atoms with Gasteiger partial charge in [-0.2, -0.15) is 5.10 Å². The van der Waals surface area contributed by atoms with E-state index >= 15 is 0 Å². The van der Waals surface area contributed by atoms with Crippen LogP contribution in [0.25, 0.3) is 0 Å². The third-order valence-corrected chi connectivity index (χ3v) is 2.67. The number of hydrogen-bond acceptors (Lipinski definition) is 3. The molecule has 2 rings (SSSR count). The fourth-order valence-electron chi connectivity index (χ4n) is 1.82. The van der Waals surface area contributed by atoms with Crippen LogP contribution in [-0.4, -0.2) is 27.8 Å². The zero-order chi connectivity index (χ0) is 9.97. The van der Waals surface area contributed by atoms with Crippen molar-refractivity contribution in [3.63, 3.8) is 0 Å². The second-order valence-corrected chi connectivity index (χ2v) is 4.29. The molecule has 1 atom stereocenters. The molecule has 0 radical (unpaired) electrons. The average Bonchev–Trinajstić information content (AvgIpc) is 2.75. The Morgan fingerprint density at radius 1 is 1.50 bits per heavy atom. The van der Waals surface area contributed by atoms with Crippen LogP contribution in [0.4, 0.5) is 0 Å². The molecule has 78 valence electrons. The van der Waals surface area contributed by atoms with Crippen molar-refractivity contribution < 1.29 is 0 Å². The molecular weight excluding hydrogens is 176 g/mol. The van der Waals surface area contributed by atoms with Gasteiger partial charge in [0.1, 0.15) is 5.82 Å². The lowest BCUT2D eigenvalue weighted by molar-refractivity contribution is 0.586. The Kier molecular flexibility index (Phi) is 2.82. The molecule has 1 aromatic heterocycles. The van der Waals surface area contributed by atoms with E-state index in [1.807, 2.05) is 0 Å². The second-order valence-electron chi connectivity index (χ2n) is 4.29. The van der Waals surface area contributed by atoms with Crippen LogP contribution < -0.4 is 5.32 Å². The van der Waals surface area contributed by atoms with Crippen molar-refractivity contribution in [2.75, 3.05) is 6.54 Å². The van der Waals surface area contributed by atoms with Gasteiger partial charge in [0.2, 0.25) is 0 Å². The highest BCUT2D eigenvalue weighted by molar-refractivity contribution is 4.97. The smallest absolute Gasteiger partial charge is 0.153 e. The Hall–Kier alpha value is -0.900. The third kappa shape index (κ3) is 2.12. The molecule has 1 aliphatic heterocycles. The molecule has 1 aromatic rings. The number of aromatic amines is 1. The normalized spacial score (nSPS) is 22.1. The van der Waals surface area contributed by atoms with Crippen LogP contribution in [0.5, 0.6) is 0 Å². The third-order valence-electron chi connectivity index (χ3n) is 2.67. The summed E-state index contributed by atoms with van der Waals surface area (Å²) in [5.41, 5.74) is 0. The minimum absolute atomic E-state index is 0.413. The number of rotatable bonds is 3. The number of nitrogens with zero attached hydrogens (tertiary/aromatic N) is 2. The maximum Gasteiger partial charge on any atom is 0.153 e. The summed E-state index contributed by atoms with van der Waals surface area (Å²) < 4.78 is 0. The van der Waals surface area contributed by atoms with E-state index in [9.17, 15) is 0 Å². The lowest BCUT2D eigenvalue weighted by Crippen LogP contribution is -2.24. The zero-order valence-corrected chi connectivity index (χ0v) is 8.88. The van der Waals surface area contributed by atoms with Crippen molar-refractivity contribution in [2.45, 2.75) is 45.1 Å². The van der Waals surface area contributed by atoms with E-state index < -0.39 is 0 Å². The van der Waals surface area contributed by atoms with E-state index in [-0.39, 0.29) is 0 Å². The molecule has 0 amide bonds. The lowest BCUT2D eigenvalue weighted by Gasteiger charge is -2.05. The average molecular weight is 194 g/mol. The van der Waals surface area contributed by atoms with Crippen LogP contribution in [0.3, 0.4) is 0 Å². The van der Waals surface area contributed by atoms with E-state index in [1.165, 1.54) is 12.8 Å². The molecule has 0 aromatic carbocycles. The van der Waals surface area contributed by atoms with Crippen LogP contribution >= 0.6 is 0 Å². The molecule has 0 bridgehead atoms. The Morgan fingerprint density at radius 2 is 2.36 bits per heavy atom. The molecule has 14 heavy (non-hydrogen) atoms. The molecule has 2 N–H and O–H groups in total. The molecule has 4 heteroatoms. The van der Waals surface area contributed by atoms with Crippen molar-refractivity contribution in [2.24, 2.45) is 0 Å². The van der Waals surface area contributed by atoms with Gasteiger partial charge in [-0.15, -0.1) is 0 Å². The highest BCUT2D eigenvalue weighted by Gasteiger charge is 2.16. The first-order valence-electron chi connectivity index (χ1n) is 5.40. The number of hydrogen-bond donors (Lipinski definition) is 2. The van der Waals surface area contributed by atoms with E-state index in [0.29, 0.717) is 12.0 Å². The topological polar surface area (TPSA) is 53.6 Å². The monoisotopic (exact) mass is 194 g/mol. The maximum absolute atomic E-state index is 4.47. The zero-order valence-electron chi connectivity index (χ0n) is 8.88. The molecule has 1 saturated heterocycles. The molecule has 0 saturated carbocycles. The van der Waals surface area contributed by atoms with Crippen molar-refractivity contribution in [3.8, 4) is 0 Å². The molecule has 2 heterocycles. The minimum Gasteiger partial charge on any atom is -0.314 e. The quantitative estimate of drug-likeness (QED) is 0.760. The largest absolute Gasteiger partial charge is 0.314 e. The fourth-order valence-corrected chi connectivity index (χ4v) is 1.82. The van der Waals surface area contributed by atoms with Crippen molar-refractivity contribution >= 4 is 0 Å². The lowest BCUT2D eigenvalue weighted by atomic mass is 10.1. The predicted octanol–water partition coefficient (Wildman–Crippen LogP) is 1.22. The summed E-state index contributed by atoms with van der Waals surface area (Å²) in [5.74, 6) is 2.36. The van der Waals surface area contributed by atoms with Gasteiger partial charge in [0.25, 0.3) is 0 Å². The van der Waals surface area contributed by atoms with Gasteiger partial charge >= 0.3 is 0 Å². The summed E-state index contributed by atoms with van der Waals surface area (Å²) in [6, 6.07) is 0.600. The molecular formula is C10H18N4. The van der Waals surface area contributed by atoms with Crippen LogP contribution in [0.2, 0.25) is 0 Å². The van der Waals surface area contributed by atoms with E-state index in [0.717, 1.165) is 24.6 Å². The highest BCUT2D eigenvalue weighted by atomic mass is 15.2. The summed E-state index contributed by atoms with van der Waals surface area (Å²) in [7, 11) is 0. The van der Waals surface area contributed by atoms with Gasteiger partial charge in [-0.3, -0.25) is 5.10 Å². The van der Waals surface area contributed by atoms with Gasteiger partial charge in [-0.1, -0.05) is 13.8 Å². The first-order chi connectivity index (χ1) is 6.75. The standard InChI is InChI=1S/C10H18N4/c1-7(2)10-12-9(13-14-10)6-8-4-3-5-11-8/h7-8,11H,3-6H2,1-2H3,(H,12,13,14). The molecule has 1 fully saturated rings. The van der Waals surface area contributed by atoms with Gasteiger partial charge in [0.05, 0.1) is 0 Å². The molecule has 4 nitrogen and oxygen atoms in total. The second kappa shape index (κ2) is 4.09. The van der Waals surface area contributed by atoms with Crippen LogP contribution in [0.15, 0.2) is 0 Å². The summed E-state index contributed by atoms with van der Waals surface area (Å²) in [4.78, 5) is 4.47. The SMILES string of the molecule is CC(C)c1n[nH]c(CC2CCCN2)n1. The van der Waals surface area contributed by atoms with Crippen molar-refractivity contribution in [3.05, 3.63) is 11.6 Å². The summed E-state index contributed by atoms with van der Waals surface area (Å²) in [6.45, 7) is 5.37. The fraction of sp³-hybridized carbons (Fsp3) is 0.800. The minimum atomic E-state index is 0.413. The molecule has 0 spiro atoms. The van der Waals surface area contributed by atoms with Gasteiger partial charge < -0.3 is 5.32 Å². The number of aromatic nitrogens is 3. The summed E-state index contributed by atoms with van der Waals surface area (Å²) >= 11 is 0. The van der Waals surface area contributed by atoms with Crippen LogP contribution in [0, 0.1) is 0 Å². The number of H-pyrrole nitrogens is 1. The van der Waals surface area contributed by atoms with E-state index in [1.54, 1.807) is 0 Å². The summed E-state index contributed by atoms with van der Waals surface area (Å²) in [6.07, 6.45) is 3.53. The first kappa shape index (κ1) is 9.65. The van der Waals surface area contributed by atoms with Crippen molar-refractivity contribution in [1.29, 1.82) is 0 Å². The Labute approximate surface area is 84.5 Å². The van der Waals surface area contributed by atoms with Gasteiger partial charge in [-0.25, -0.2) is 4.98 Å². The van der Waals surface area contributed by atoms with Crippen LogP contribution in [0.1, 0.15) is 44.3 Å². The Balaban J connectivity index is 1.95. The van der Waals surface area contributed by atoms with Gasteiger partial charge in [0, 0.05) is 18.4 Å². The predicted molar refractivity (Wildman–Crippen MR) is 55.2 cm³/mol. The Bertz CT molecular complexity index is 286. The first-order valence-corrected chi connectivity index (χ1v) is 5.40. The van der Waals surface area contributed by atoms with E-state index in [2.05, 4.69) is 34.3 Å². The number of nitrogens with one attached hydrogen (secondary N) is 2. The van der Waals surface area contributed by atoms with Crippen molar-refractivity contribution in [1.82, 2.24) is 20.5 Å². The highest BCUT2D eigenvalue weighted by Crippen LogP contribution is 2.12. The Morgan fingerprint density at radius 3 is 2.93 bits per heavy atom. The van der Waals surface area contributed by atoms with Gasteiger partial charge in [-0.05, 0) is 19.4 Å².